The van der Waals surface area contributed by atoms with Crippen LogP contribution in [0.1, 0.15) is 30.4 Å². The number of amides is 1. The highest BCUT2D eigenvalue weighted by molar-refractivity contribution is 7.89. The lowest BCUT2D eigenvalue weighted by atomic mass is 10.0. The summed E-state index contributed by atoms with van der Waals surface area (Å²) in [6, 6.07) is 13.2. The summed E-state index contributed by atoms with van der Waals surface area (Å²) in [7, 11) is -4.02. The number of amidine groups is 1. The summed E-state index contributed by atoms with van der Waals surface area (Å²) in [6.45, 7) is -0.354. The van der Waals surface area contributed by atoms with Crippen LogP contribution in [-0.2, 0) is 26.0 Å². The molecule has 0 aliphatic carbocycles. The van der Waals surface area contributed by atoms with Crippen LogP contribution in [0, 0.1) is 5.41 Å². The van der Waals surface area contributed by atoms with Gasteiger partial charge in [-0.2, -0.15) is 4.72 Å². The first-order valence-electron chi connectivity index (χ1n) is 9.69. The molecule has 1 amide bonds. The van der Waals surface area contributed by atoms with Gasteiger partial charge in [0, 0.05) is 18.5 Å². The molecule has 166 valence electrons. The van der Waals surface area contributed by atoms with Crippen molar-refractivity contribution in [3.05, 3.63) is 65.7 Å². The van der Waals surface area contributed by atoms with Gasteiger partial charge in [-0.3, -0.25) is 15.0 Å². The molecule has 2 aromatic rings. The number of sulfonamides is 1. The smallest absolute Gasteiger partial charge is 0.323 e. The van der Waals surface area contributed by atoms with E-state index in [2.05, 4.69) is 10.0 Å². The van der Waals surface area contributed by atoms with Crippen LogP contribution in [0.4, 0.5) is 0 Å². The standard InChI is InChI=1S/C21H26N4O5S/c22-20(23)16-12-10-15(11-13-16)6-4-5-9-19(26)24-14-18(21(27)28)25-31(29,30)17-7-2-1-3-8-17/h1-3,7-8,10-13,18,25H,4-6,9,14H2,(H3,22,23)(H,24,26)(H,27,28)/t18-/m0/s1. The molecule has 0 aliphatic heterocycles. The number of hydrogen-bond acceptors (Lipinski definition) is 5. The average molecular weight is 447 g/mol. The third kappa shape index (κ3) is 7.83. The molecule has 0 saturated carbocycles. The molecule has 2 aromatic carbocycles. The molecule has 10 heteroatoms. The lowest BCUT2D eigenvalue weighted by molar-refractivity contribution is -0.138. The maximum absolute atomic E-state index is 12.3. The van der Waals surface area contributed by atoms with Gasteiger partial charge in [-0.15, -0.1) is 0 Å². The number of hydrogen-bond donors (Lipinski definition) is 5. The SMILES string of the molecule is N=C(N)c1ccc(CCCCC(=O)NC[C@H](NS(=O)(=O)c2ccccc2)C(=O)O)cc1. The molecule has 0 aliphatic rings. The number of benzene rings is 2. The first-order valence-corrected chi connectivity index (χ1v) is 11.2. The number of nitrogens with two attached hydrogens (primary N) is 1. The van der Waals surface area contributed by atoms with Gasteiger partial charge in [-0.05, 0) is 37.0 Å². The molecule has 0 heterocycles. The molecule has 0 aromatic heterocycles. The van der Waals surface area contributed by atoms with Gasteiger partial charge in [0.1, 0.15) is 11.9 Å². The minimum atomic E-state index is -4.02. The second-order valence-electron chi connectivity index (χ2n) is 6.95. The van der Waals surface area contributed by atoms with Crippen molar-refractivity contribution < 1.29 is 23.1 Å². The molecular formula is C21H26N4O5S. The van der Waals surface area contributed by atoms with Crippen molar-refractivity contribution in [2.75, 3.05) is 6.54 Å². The van der Waals surface area contributed by atoms with Gasteiger partial charge < -0.3 is 16.2 Å². The van der Waals surface area contributed by atoms with Crippen molar-refractivity contribution in [1.29, 1.82) is 5.41 Å². The highest BCUT2D eigenvalue weighted by atomic mass is 32.2. The van der Waals surface area contributed by atoms with Gasteiger partial charge >= 0.3 is 5.97 Å². The lowest BCUT2D eigenvalue weighted by Gasteiger charge is -2.15. The van der Waals surface area contributed by atoms with Crippen molar-refractivity contribution in [2.45, 2.75) is 36.6 Å². The predicted molar refractivity (Wildman–Crippen MR) is 116 cm³/mol. The molecule has 31 heavy (non-hydrogen) atoms. The number of carbonyl (C=O) groups excluding carboxylic acids is 1. The van der Waals surface area contributed by atoms with Gasteiger partial charge in [-0.25, -0.2) is 8.42 Å². The summed E-state index contributed by atoms with van der Waals surface area (Å²) in [5.41, 5.74) is 7.13. The fraction of sp³-hybridized carbons (Fsp3) is 0.286. The zero-order valence-corrected chi connectivity index (χ0v) is 17.7. The maximum atomic E-state index is 12.3. The summed E-state index contributed by atoms with van der Waals surface area (Å²) in [6.07, 6.45) is 2.28. The molecule has 9 nitrogen and oxygen atoms in total. The molecule has 2 rings (SSSR count). The number of nitrogens with one attached hydrogen (secondary N) is 3. The number of rotatable bonds is 12. The van der Waals surface area contributed by atoms with E-state index in [1.54, 1.807) is 18.2 Å². The number of unbranched alkanes of at least 4 members (excludes halogenated alkanes) is 1. The van der Waals surface area contributed by atoms with E-state index in [0.717, 1.165) is 18.4 Å². The van der Waals surface area contributed by atoms with Crippen molar-refractivity contribution in [3.63, 3.8) is 0 Å². The topological polar surface area (TPSA) is 162 Å². The number of aryl methyl sites for hydroxylation is 1. The van der Waals surface area contributed by atoms with Crippen LogP contribution in [0.5, 0.6) is 0 Å². The fourth-order valence-electron chi connectivity index (χ4n) is 2.80. The number of carboxylic acid groups (broad SMARTS) is 1. The van der Waals surface area contributed by atoms with E-state index in [1.807, 2.05) is 12.1 Å². The lowest BCUT2D eigenvalue weighted by Crippen LogP contribution is -2.48. The predicted octanol–water partition coefficient (Wildman–Crippen LogP) is 1.23. The van der Waals surface area contributed by atoms with Crippen LogP contribution in [0.15, 0.2) is 59.5 Å². The third-order valence-corrected chi connectivity index (χ3v) is 6.02. The normalized spacial score (nSPS) is 12.1. The quantitative estimate of drug-likeness (QED) is 0.187. The molecule has 0 radical (unpaired) electrons. The molecule has 0 bridgehead atoms. The van der Waals surface area contributed by atoms with Crippen LogP contribution in [0.2, 0.25) is 0 Å². The number of carboxylic acids is 1. The molecule has 0 fully saturated rings. The highest BCUT2D eigenvalue weighted by Gasteiger charge is 2.25. The molecule has 1 atom stereocenters. The second kappa shape index (κ2) is 11.2. The molecular weight excluding hydrogens is 420 g/mol. The van der Waals surface area contributed by atoms with E-state index in [-0.39, 0.29) is 29.6 Å². The Morgan fingerprint density at radius 2 is 1.68 bits per heavy atom. The Morgan fingerprint density at radius 3 is 2.26 bits per heavy atom. The van der Waals surface area contributed by atoms with Crippen LogP contribution in [0.25, 0.3) is 0 Å². The monoisotopic (exact) mass is 446 g/mol. The van der Waals surface area contributed by atoms with Gasteiger partial charge in [0.15, 0.2) is 0 Å². The largest absolute Gasteiger partial charge is 0.480 e. The van der Waals surface area contributed by atoms with E-state index in [1.165, 1.54) is 24.3 Å². The second-order valence-corrected chi connectivity index (χ2v) is 8.66. The molecule has 0 unspecified atom stereocenters. The van der Waals surface area contributed by atoms with Crippen molar-refractivity contribution in [3.8, 4) is 0 Å². The van der Waals surface area contributed by atoms with Crippen molar-refractivity contribution in [2.24, 2.45) is 5.73 Å². The Bertz CT molecular complexity index is 1010. The summed E-state index contributed by atoms with van der Waals surface area (Å²) in [5, 5.41) is 19.1. The maximum Gasteiger partial charge on any atom is 0.323 e. The number of nitrogen functional groups attached to an aromatic ring is 1. The Labute approximate surface area is 181 Å². The summed E-state index contributed by atoms with van der Waals surface area (Å²) < 4.78 is 26.7. The Balaban J connectivity index is 1.76. The minimum Gasteiger partial charge on any atom is -0.480 e. The Hall–Kier alpha value is -3.24. The summed E-state index contributed by atoms with van der Waals surface area (Å²) >= 11 is 0. The first-order chi connectivity index (χ1) is 14.7. The van der Waals surface area contributed by atoms with Crippen LogP contribution < -0.4 is 15.8 Å². The Kier molecular flexibility index (Phi) is 8.71. The van der Waals surface area contributed by atoms with E-state index in [0.29, 0.717) is 12.0 Å². The van der Waals surface area contributed by atoms with E-state index in [4.69, 9.17) is 11.1 Å². The van der Waals surface area contributed by atoms with Gasteiger partial charge in [0.2, 0.25) is 15.9 Å². The molecule has 0 spiro atoms. The van der Waals surface area contributed by atoms with Crippen molar-refractivity contribution >= 4 is 27.7 Å². The van der Waals surface area contributed by atoms with E-state index in [9.17, 15) is 23.1 Å². The molecule has 6 N–H and O–H groups in total. The van der Waals surface area contributed by atoms with Gasteiger partial charge in [-0.1, -0.05) is 42.5 Å². The zero-order chi connectivity index (χ0) is 22.9. The van der Waals surface area contributed by atoms with Gasteiger partial charge in [0.05, 0.1) is 4.90 Å². The first kappa shape index (κ1) is 24.0. The third-order valence-electron chi connectivity index (χ3n) is 4.54. The van der Waals surface area contributed by atoms with Crippen LogP contribution >= 0.6 is 0 Å². The Morgan fingerprint density at radius 1 is 1.03 bits per heavy atom. The van der Waals surface area contributed by atoms with Crippen LogP contribution in [-0.4, -0.2) is 43.8 Å². The van der Waals surface area contributed by atoms with E-state index < -0.39 is 22.0 Å². The average Bonchev–Trinajstić information content (AvgIpc) is 2.75. The number of aliphatic carboxylic acids is 1. The highest BCUT2D eigenvalue weighted by Crippen LogP contribution is 2.10. The zero-order valence-electron chi connectivity index (χ0n) is 16.9. The number of carbonyl (C=O) groups is 2. The summed E-state index contributed by atoms with van der Waals surface area (Å²) in [4.78, 5) is 23.4. The summed E-state index contributed by atoms with van der Waals surface area (Å²) in [5.74, 6) is -1.72. The van der Waals surface area contributed by atoms with E-state index >= 15 is 0 Å². The van der Waals surface area contributed by atoms with Crippen molar-refractivity contribution in [1.82, 2.24) is 10.0 Å². The fourth-order valence-corrected chi connectivity index (χ4v) is 4.01. The van der Waals surface area contributed by atoms with Crippen LogP contribution in [0.3, 0.4) is 0 Å². The molecule has 0 saturated heterocycles. The van der Waals surface area contributed by atoms with Gasteiger partial charge in [0.25, 0.3) is 0 Å². The minimum absolute atomic E-state index is 0.00828.